The molecule has 4 nitrogen and oxygen atoms in total. The third-order valence-corrected chi connectivity index (χ3v) is 5.54. The molecule has 2 unspecified atom stereocenters. The van der Waals surface area contributed by atoms with E-state index in [1.165, 1.54) is 0 Å². The topological polar surface area (TPSA) is 72.2 Å². The van der Waals surface area contributed by atoms with Gasteiger partial charge in [0.1, 0.15) is 4.99 Å². The number of benzene rings is 1. The van der Waals surface area contributed by atoms with E-state index in [1.54, 1.807) is 25.1 Å². The van der Waals surface area contributed by atoms with Crippen molar-refractivity contribution in [1.29, 1.82) is 0 Å². The summed E-state index contributed by atoms with van der Waals surface area (Å²) in [7, 11) is -3.52. The minimum Gasteiger partial charge on any atom is -0.389 e. The van der Waals surface area contributed by atoms with Crippen molar-refractivity contribution in [1.82, 2.24) is 4.72 Å². The van der Waals surface area contributed by atoms with Crippen LogP contribution in [0.5, 0.6) is 0 Å². The molecule has 112 valence electrons. The summed E-state index contributed by atoms with van der Waals surface area (Å²) in [4.78, 5) is 0.533. The second kappa shape index (κ2) is 6.65. The molecule has 1 aromatic rings. The van der Waals surface area contributed by atoms with Crippen molar-refractivity contribution in [2.24, 2.45) is 11.7 Å². The molecule has 3 N–H and O–H groups in total. The Bertz CT molecular complexity index is 597. The van der Waals surface area contributed by atoms with Gasteiger partial charge in [0.15, 0.2) is 0 Å². The molecule has 0 bridgehead atoms. The van der Waals surface area contributed by atoms with Crippen LogP contribution in [0.1, 0.15) is 38.3 Å². The first-order valence-electron chi connectivity index (χ1n) is 6.61. The van der Waals surface area contributed by atoms with Gasteiger partial charge in [0.05, 0.1) is 4.90 Å². The Hall–Kier alpha value is -0.980. The Kier molecular flexibility index (Phi) is 5.68. The lowest BCUT2D eigenvalue weighted by Gasteiger charge is -2.20. The van der Waals surface area contributed by atoms with E-state index in [0.29, 0.717) is 11.1 Å². The normalized spacial score (nSPS) is 14.8. The maximum Gasteiger partial charge on any atom is 0.241 e. The number of hydrogen-bond donors (Lipinski definition) is 2. The highest BCUT2D eigenvalue weighted by molar-refractivity contribution is 7.89. The smallest absolute Gasteiger partial charge is 0.241 e. The summed E-state index contributed by atoms with van der Waals surface area (Å²) < 4.78 is 27.5. The zero-order valence-electron chi connectivity index (χ0n) is 12.3. The zero-order valence-corrected chi connectivity index (χ0v) is 13.9. The summed E-state index contributed by atoms with van der Waals surface area (Å²) in [5.41, 5.74) is 6.86. The fourth-order valence-corrected chi connectivity index (χ4v) is 3.59. The third-order valence-electron chi connectivity index (χ3n) is 3.59. The molecule has 0 fully saturated rings. The van der Waals surface area contributed by atoms with Crippen molar-refractivity contribution >= 4 is 27.2 Å². The van der Waals surface area contributed by atoms with Gasteiger partial charge in [-0.2, -0.15) is 0 Å². The predicted octanol–water partition coefficient (Wildman–Crippen LogP) is 2.34. The third kappa shape index (κ3) is 4.01. The molecule has 0 saturated carbocycles. The largest absolute Gasteiger partial charge is 0.389 e. The quantitative estimate of drug-likeness (QED) is 0.791. The van der Waals surface area contributed by atoms with Crippen molar-refractivity contribution in [2.45, 2.75) is 45.1 Å². The minimum atomic E-state index is -3.52. The van der Waals surface area contributed by atoms with Crippen LogP contribution in [-0.2, 0) is 10.0 Å². The number of thiocarbonyl (C=S) groups is 1. The van der Waals surface area contributed by atoms with Gasteiger partial charge in [0, 0.05) is 11.6 Å². The molecule has 0 spiro atoms. The first-order chi connectivity index (χ1) is 9.19. The lowest BCUT2D eigenvalue weighted by Crippen LogP contribution is -2.37. The van der Waals surface area contributed by atoms with E-state index in [4.69, 9.17) is 18.0 Å². The maximum atomic E-state index is 12.4. The van der Waals surface area contributed by atoms with Crippen LogP contribution in [0.4, 0.5) is 0 Å². The van der Waals surface area contributed by atoms with Gasteiger partial charge in [-0.15, -0.1) is 0 Å². The number of nitrogens with two attached hydrogens (primary N) is 1. The van der Waals surface area contributed by atoms with Gasteiger partial charge >= 0.3 is 0 Å². The Morgan fingerprint density at radius 1 is 1.40 bits per heavy atom. The molecule has 0 aromatic heterocycles. The second-order valence-corrected chi connectivity index (χ2v) is 7.26. The van der Waals surface area contributed by atoms with E-state index in [1.807, 2.05) is 20.8 Å². The lowest BCUT2D eigenvalue weighted by molar-refractivity contribution is 0.434. The molecule has 2 atom stereocenters. The molecular weight excluding hydrogens is 292 g/mol. The Labute approximate surface area is 126 Å². The monoisotopic (exact) mass is 314 g/mol. The number of rotatable bonds is 6. The van der Waals surface area contributed by atoms with Gasteiger partial charge in [-0.3, -0.25) is 0 Å². The highest BCUT2D eigenvalue weighted by atomic mass is 32.2. The summed E-state index contributed by atoms with van der Waals surface area (Å²) >= 11 is 4.89. The van der Waals surface area contributed by atoms with Crippen LogP contribution in [0.3, 0.4) is 0 Å². The van der Waals surface area contributed by atoms with E-state index < -0.39 is 10.0 Å². The Morgan fingerprint density at radius 3 is 2.45 bits per heavy atom. The highest BCUT2D eigenvalue weighted by Crippen LogP contribution is 2.18. The number of hydrogen-bond acceptors (Lipinski definition) is 3. The highest BCUT2D eigenvalue weighted by Gasteiger charge is 2.22. The summed E-state index contributed by atoms with van der Waals surface area (Å²) in [6, 6.07) is 4.78. The van der Waals surface area contributed by atoms with Crippen LogP contribution < -0.4 is 10.5 Å². The molecule has 1 aromatic carbocycles. The summed E-state index contributed by atoms with van der Waals surface area (Å²) in [5, 5.41) is 0. The Balaban J connectivity index is 3.07. The van der Waals surface area contributed by atoms with Crippen molar-refractivity contribution in [3.63, 3.8) is 0 Å². The van der Waals surface area contributed by atoms with Gasteiger partial charge in [-0.05, 0) is 37.5 Å². The summed E-state index contributed by atoms with van der Waals surface area (Å²) in [6.45, 7) is 7.68. The standard InChI is InChI=1S/C14H22N2O2S2/c1-5-9(2)11(4)16-20(17,18)13-7-6-12(14(15)19)8-10(13)3/h6-9,11,16H,5H2,1-4H3,(H2,15,19). The predicted molar refractivity (Wildman–Crippen MR) is 86.3 cm³/mol. The van der Waals surface area contributed by atoms with Gasteiger partial charge in [-0.1, -0.05) is 38.6 Å². The molecule has 20 heavy (non-hydrogen) atoms. The van der Waals surface area contributed by atoms with E-state index in [9.17, 15) is 8.42 Å². The molecule has 0 amide bonds. The van der Waals surface area contributed by atoms with Crippen molar-refractivity contribution < 1.29 is 8.42 Å². The maximum absolute atomic E-state index is 12.4. The van der Waals surface area contributed by atoms with Gasteiger partial charge < -0.3 is 5.73 Å². The zero-order chi connectivity index (χ0) is 15.5. The van der Waals surface area contributed by atoms with Gasteiger partial charge in [0.25, 0.3) is 0 Å². The number of nitrogens with one attached hydrogen (secondary N) is 1. The summed E-state index contributed by atoms with van der Waals surface area (Å²) in [6.07, 6.45) is 0.920. The van der Waals surface area contributed by atoms with Crippen molar-refractivity contribution in [2.75, 3.05) is 0 Å². The van der Waals surface area contributed by atoms with Crippen LogP contribution in [0.15, 0.2) is 23.1 Å². The fourth-order valence-electron chi connectivity index (χ4n) is 1.88. The number of sulfonamides is 1. The lowest BCUT2D eigenvalue weighted by atomic mass is 10.0. The van der Waals surface area contributed by atoms with E-state index in [0.717, 1.165) is 6.42 Å². The van der Waals surface area contributed by atoms with Crippen molar-refractivity contribution in [3.8, 4) is 0 Å². The fraction of sp³-hybridized carbons (Fsp3) is 0.500. The van der Waals surface area contributed by atoms with E-state index in [2.05, 4.69) is 4.72 Å². The van der Waals surface area contributed by atoms with Gasteiger partial charge in [0.2, 0.25) is 10.0 Å². The SMILES string of the molecule is CCC(C)C(C)NS(=O)(=O)c1ccc(C(N)=S)cc1C. The number of aryl methyl sites for hydroxylation is 1. The van der Waals surface area contributed by atoms with Crippen LogP contribution in [0.2, 0.25) is 0 Å². The average molecular weight is 314 g/mol. The average Bonchev–Trinajstić information content (AvgIpc) is 2.36. The summed E-state index contributed by atoms with van der Waals surface area (Å²) in [5.74, 6) is 0.279. The van der Waals surface area contributed by atoms with Crippen LogP contribution in [0.25, 0.3) is 0 Å². The second-order valence-electron chi connectivity index (χ2n) is 5.14. The molecular formula is C14H22N2O2S2. The Morgan fingerprint density at radius 2 is 2.00 bits per heavy atom. The van der Waals surface area contributed by atoms with E-state index in [-0.39, 0.29) is 21.8 Å². The van der Waals surface area contributed by atoms with Crippen LogP contribution in [-0.4, -0.2) is 19.4 Å². The van der Waals surface area contributed by atoms with Crippen molar-refractivity contribution in [3.05, 3.63) is 29.3 Å². The molecule has 0 aliphatic heterocycles. The van der Waals surface area contributed by atoms with Crippen LogP contribution in [0, 0.1) is 12.8 Å². The molecule has 6 heteroatoms. The molecule has 0 aliphatic carbocycles. The molecule has 0 aliphatic rings. The first-order valence-corrected chi connectivity index (χ1v) is 8.51. The van der Waals surface area contributed by atoms with Gasteiger partial charge in [-0.25, -0.2) is 13.1 Å². The first kappa shape index (κ1) is 17.1. The minimum absolute atomic E-state index is 0.111. The van der Waals surface area contributed by atoms with E-state index >= 15 is 0 Å². The molecule has 0 radical (unpaired) electrons. The molecule has 0 saturated heterocycles. The van der Waals surface area contributed by atoms with Crippen LogP contribution >= 0.6 is 12.2 Å². The molecule has 0 heterocycles. The molecule has 1 rings (SSSR count).